The normalized spacial score (nSPS) is 16.1. The molecule has 1 heterocycles. The van der Waals surface area contributed by atoms with Crippen LogP contribution in [0.1, 0.15) is 49.0 Å². The molecule has 20 heavy (non-hydrogen) atoms. The Morgan fingerprint density at radius 1 is 1.35 bits per heavy atom. The van der Waals surface area contributed by atoms with Crippen molar-refractivity contribution >= 4 is 5.91 Å². The molecule has 0 saturated heterocycles. The molecule has 0 spiro atoms. The molecule has 0 bridgehead atoms. The van der Waals surface area contributed by atoms with E-state index in [-0.39, 0.29) is 11.6 Å². The van der Waals surface area contributed by atoms with Gasteiger partial charge in [-0.15, -0.1) is 0 Å². The van der Waals surface area contributed by atoms with E-state index in [2.05, 4.69) is 10.3 Å². The van der Waals surface area contributed by atoms with Crippen LogP contribution in [0.5, 0.6) is 0 Å². The van der Waals surface area contributed by atoms with Gasteiger partial charge in [-0.25, -0.2) is 4.98 Å². The summed E-state index contributed by atoms with van der Waals surface area (Å²) in [6, 6.07) is 4.19. The molecule has 1 amide bonds. The summed E-state index contributed by atoms with van der Waals surface area (Å²) in [5.74, 6) is -0.986. The second kappa shape index (κ2) is 7.94. The number of carbonyl (C=O) groups is 1. The monoisotopic (exact) mass is 280 g/mol. The largest absolute Gasteiger partial charge is 0.378 e. The maximum atomic E-state index is 12.9. The average molecular weight is 280 g/mol. The number of rotatable bonds is 6. The second-order valence-electron chi connectivity index (χ2n) is 5.09. The molecule has 1 aliphatic carbocycles. The topological polar surface area (TPSA) is 51.2 Å². The smallest absolute Gasteiger partial charge is 0.269 e. The van der Waals surface area contributed by atoms with Crippen LogP contribution in [0.4, 0.5) is 4.39 Å². The van der Waals surface area contributed by atoms with E-state index in [0.29, 0.717) is 19.3 Å². The number of nitrogens with zero attached hydrogens (tertiary/aromatic N) is 1. The minimum atomic E-state index is -0.640. The Hall–Kier alpha value is -1.49. The lowest BCUT2D eigenvalue weighted by Gasteiger charge is -2.21. The van der Waals surface area contributed by atoms with Crippen molar-refractivity contribution in [2.75, 3.05) is 13.2 Å². The number of pyridine rings is 1. The Bertz CT molecular complexity index is 434. The van der Waals surface area contributed by atoms with Gasteiger partial charge in [0.15, 0.2) is 0 Å². The highest BCUT2D eigenvalue weighted by Gasteiger charge is 2.13. The van der Waals surface area contributed by atoms with Gasteiger partial charge in [0, 0.05) is 13.2 Å². The first-order chi connectivity index (χ1) is 9.75. The average Bonchev–Trinajstić information content (AvgIpc) is 2.48. The maximum absolute atomic E-state index is 12.9. The summed E-state index contributed by atoms with van der Waals surface area (Å²) in [6.07, 6.45) is 7.29. The molecule has 4 nitrogen and oxygen atoms in total. The van der Waals surface area contributed by atoms with Crippen molar-refractivity contribution in [2.24, 2.45) is 0 Å². The fraction of sp³-hybridized carbons (Fsp3) is 0.600. The second-order valence-corrected chi connectivity index (χ2v) is 5.09. The van der Waals surface area contributed by atoms with Crippen LogP contribution in [0.3, 0.4) is 0 Å². The van der Waals surface area contributed by atoms with Crippen LogP contribution in [0.15, 0.2) is 18.2 Å². The molecule has 0 aromatic carbocycles. The molecule has 1 saturated carbocycles. The summed E-state index contributed by atoms with van der Waals surface area (Å²) in [4.78, 5) is 15.2. The lowest BCUT2D eigenvalue weighted by atomic mass is 9.98. The summed E-state index contributed by atoms with van der Waals surface area (Å²) >= 11 is 0. The minimum Gasteiger partial charge on any atom is -0.378 e. The quantitative estimate of drug-likeness (QED) is 0.644. The van der Waals surface area contributed by atoms with Crippen LogP contribution in [0.25, 0.3) is 0 Å². The highest BCUT2D eigenvalue weighted by atomic mass is 19.1. The number of aromatic nitrogens is 1. The van der Waals surface area contributed by atoms with Gasteiger partial charge in [-0.1, -0.05) is 25.3 Å². The van der Waals surface area contributed by atoms with E-state index in [4.69, 9.17) is 4.74 Å². The van der Waals surface area contributed by atoms with Gasteiger partial charge in [0.1, 0.15) is 5.69 Å². The zero-order chi connectivity index (χ0) is 14.2. The third-order valence-corrected chi connectivity index (χ3v) is 3.46. The SMILES string of the molecule is O=C(NCCCOC1CCCCC1)c1cccc(F)n1. The van der Waals surface area contributed by atoms with Crippen LogP contribution >= 0.6 is 0 Å². The summed E-state index contributed by atoms with van der Waals surface area (Å²) in [7, 11) is 0. The van der Waals surface area contributed by atoms with E-state index >= 15 is 0 Å². The first kappa shape index (κ1) is 14.9. The molecule has 1 N–H and O–H groups in total. The van der Waals surface area contributed by atoms with E-state index in [9.17, 15) is 9.18 Å². The van der Waals surface area contributed by atoms with Gasteiger partial charge in [-0.05, 0) is 31.4 Å². The van der Waals surface area contributed by atoms with Gasteiger partial charge < -0.3 is 10.1 Å². The van der Waals surface area contributed by atoms with E-state index < -0.39 is 5.95 Å². The van der Waals surface area contributed by atoms with Crippen molar-refractivity contribution in [3.63, 3.8) is 0 Å². The predicted molar refractivity (Wildman–Crippen MR) is 74.0 cm³/mol. The molecule has 1 fully saturated rings. The fourth-order valence-corrected chi connectivity index (χ4v) is 2.38. The number of amides is 1. The number of hydrogen-bond donors (Lipinski definition) is 1. The summed E-state index contributed by atoms with van der Waals surface area (Å²) in [5, 5.41) is 2.72. The number of halogens is 1. The van der Waals surface area contributed by atoms with E-state index in [1.54, 1.807) is 0 Å². The standard InChI is InChI=1S/C15H21FN2O2/c16-14-9-4-8-13(18-14)15(19)17-10-5-11-20-12-6-2-1-3-7-12/h4,8-9,12H,1-3,5-7,10-11H2,(H,17,19). The molecule has 1 aliphatic rings. The molecular formula is C15H21FN2O2. The van der Waals surface area contributed by atoms with Gasteiger partial charge >= 0.3 is 0 Å². The lowest BCUT2D eigenvalue weighted by molar-refractivity contribution is 0.0273. The summed E-state index contributed by atoms with van der Waals surface area (Å²) < 4.78 is 18.6. The predicted octanol–water partition coefficient (Wildman–Crippen LogP) is 2.69. The Morgan fingerprint density at radius 3 is 2.90 bits per heavy atom. The zero-order valence-electron chi connectivity index (χ0n) is 11.6. The molecular weight excluding hydrogens is 259 g/mol. The van der Waals surface area contributed by atoms with Gasteiger partial charge in [0.05, 0.1) is 6.10 Å². The lowest BCUT2D eigenvalue weighted by Crippen LogP contribution is -2.27. The van der Waals surface area contributed by atoms with Crippen molar-refractivity contribution in [2.45, 2.75) is 44.6 Å². The van der Waals surface area contributed by atoms with Crippen LogP contribution in [-0.2, 0) is 4.74 Å². The van der Waals surface area contributed by atoms with Crippen molar-refractivity contribution in [3.8, 4) is 0 Å². The first-order valence-corrected chi connectivity index (χ1v) is 7.28. The van der Waals surface area contributed by atoms with E-state index in [0.717, 1.165) is 19.3 Å². The fourth-order valence-electron chi connectivity index (χ4n) is 2.38. The molecule has 5 heteroatoms. The molecule has 2 rings (SSSR count). The molecule has 0 atom stereocenters. The number of carbonyl (C=O) groups excluding carboxylic acids is 1. The van der Waals surface area contributed by atoms with Crippen molar-refractivity contribution in [1.82, 2.24) is 10.3 Å². The van der Waals surface area contributed by atoms with Gasteiger partial charge in [-0.2, -0.15) is 4.39 Å². The van der Waals surface area contributed by atoms with Gasteiger partial charge in [0.2, 0.25) is 5.95 Å². The number of hydrogen-bond acceptors (Lipinski definition) is 3. The van der Waals surface area contributed by atoms with Crippen LogP contribution in [-0.4, -0.2) is 30.1 Å². The molecule has 110 valence electrons. The van der Waals surface area contributed by atoms with Crippen molar-refractivity contribution < 1.29 is 13.9 Å². The van der Waals surface area contributed by atoms with Crippen LogP contribution in [0, 0.1) is 5.95 Å². The van der Waals surface area contributed by atoms with Gasteiger partial charge in [0.25, 0.3) is 5.91 Å². The molecule has 1 aromatic heterocycles. The van der Waals surface area contributed by atoms with Crippen molar-refractivity contribution in [3.05, 3.63) is 29.8 Å². The summed E-state index contributed by atoms with van der Waals surface area (Å²) in [5.41, 5.74) is 0.109. The van der Waals surface area contributed by atoms with Crippen LogP contribution in [0.2, 0.25) is 0 Å². The van der Waals surface area contributed by atoms with E-state index in [1.165, 1.54) is 37.5 Å². The zero-order valence-corrected chi connectivity index (χ0v) is 11.6. The number of ether oxygens (including phenoxy) is 1. The highest BCUT2D eigenvalue weighted by molar-refractivity contribution is 5.92. The van der Waals surface area contributed by atoms with Crippen LogP contribution < -0.4 is 5.32 Å². The number of nitrogens with one attached hydrogen (secondary N) is 1. The molecule has 0 radical (unpaired) electrons. The van der Waals surface area contributed by atoms with E-state index in [1.807, 2.05) is 0 Å². The summed E-state index contributed by atoms with van der Waals surface area (Å²) in [6.45, 7) is 1.17. The van der Waals surface area contributed by atoms with Crippen molar-refractivity contribution in [1.29, 1.82) is 0 Å². The first-order valence-electron chi connectivity index (χ1n) is 7.28. The highest BCUT2D eigenvalue weighted by Crippen LogP contribution is 2.20. The Balaban J connectivity index is 1.59. The van der Waals surface area contributed by atoms with Gasteiger partial charge in [-0.3, -0.25) is 4.79 Å². The maximum Gasteiger partial charge on any atom is 0.269 e. The third kappa shape index (κ3) is 4.89. The molecule has 1 aromatic rings. The minimum absolute atomic E-state index is 0.109. The molecule has 0 aliphatic heterocycles. The Morgan fingerprint density at radius 2 is 2.15 bits per heavy atom. The Labute approximate surface area is 118 Å². The molecule has 0 unspecified atom stereocenters. The third-order valence-electron chi connectivity index (χ3n) is 3.46. The Kier molecular flexibility index (Phi) is 5.92.